The monoisotopic (exact) mass is 494 g/mol. The van der Waals surface area contributed by atoms with Crippen LogP contribution in [0, 0.1) is 13.8 Å². The first-order valence-electron chi connectivity index (χ1n) is 11.0. The Morgan fingerprint density at radius 1 is 1.06 bits per heavy atom. The number of aromatic nitrogens is 2. The van der Waals surface area contributed by atoms with E-state index in [4.69, 9.17) is 4.74 Å². The van der Waals surface area contributed by atoms with Crippen LogP contribution in [-0.4, -0.2) is 23.7 Å². The van der Waals surface area contributed by atoms with Gasteiger partial charge in [0.15, 0.2) is 6.54 Å². The van der Waals surface area contributed by atoms with Gasteiger partial charge in [-0.3, -0.25) is 4.98 Å². The van der Waals surface area contributed by atoms with Crippen molar-refractivity contribution in [3.05, 3.63) is 88.2 Å². The molecule has 8 heteroatoms. The van der Waals surface area contributed by atoms with Gasteiger partial charge in [0.25, 0.3) is 5.01 Å². The molecule has 2 heterocycles. The van der Waals surface area contributed by atoms with Gasteiger partial charge < -0.3 is 9.29 Å². The van der Waals surface area contributed by atoms with E-state index in [1.165, 1.54) is 0 Å². The maximum atomic E-state index is 11.0. The molecule has 0 saturated carbocycles. The fraction of sp³-hybridized carbons (Fsp3) is 0.231. The third-order valence-corrected chi connectivity index (χ3v) is 7.32. The summed E-state index contributed by atoms with van der Waals surface area (Å²) < 4.78 is 42.4. The minimum atomic E-state index is -4.23. The van der Waals surface area contributed by atoms with Gasteiger partial charge in [0.1, 0.15) is 17.1 Å². The van der Waals surface area contributed by atoms with Crippen molar-refractivity contribution in [2.45, 2.75) is 33.4 Å². The van der Waals surface area contributed by atoms with Crippen LogP contribution in [0.2, 0.25) is 0 Å². The van der Waals surface area contributed by atoms with Crippen molar-refractivity contribution in [3.8, 4) is 5.75 Å². The van der Waals surface area contributed by atoms with Gasteiger partial charge in [-0.05, 0) is 66.9 Å². The predicted octanol–water partition coefficient (Wildman–Crippen LogP) is 4.89. The van der Waals surface area contributed by atoms with E-state index in [9.17, 15) is 13.0 Å². The summed E-state index contributed by atoms with van der Waals surface area (Å²) >= 11 is 1.64. The zero-order chi connectivity index (χ0) is 24.1. The Bertz CT molecular complexity index is 1400. The second-order valence-electron chi connectivity index (χ2n) is 8.10. The number of aryl methyl sites for hydroxylation is 3. The molecule has 0 unspecified atom stereocenters. The lowest BCUT2D eigenvalue weighted by Gasteiger charge is -2.13. The summed E-state index contributed by atoms with van der Waals surface area (Å²) in [6.07, 6.45) is 6.12. The van der Waals surface area contributed by atoms with Gasteiger partial charge in [-0.25, -0.2) is 8.42 Å². The van der Waals surface area contributed by atoms with Gasteiger partial charge in [0, 0.05) is 30.5 Å². The number of para-hydroxylation sites is 1. The highest BCUT2D eigenvalue weighted by Gasteiger charge is 2.18. The van der Waals surface area contributed by atoms with Gasteiger partial charge in [0.05, 0.1) is 15.8 Å². The number of thiazole rings is 1. The average Bonchev–Trinajstić information content (AvgIpc) is 3.14. The smallest absolute Gasteiger partial charge is 0.262 e. The summed E-state index contributed by atoms with van der Waals surface area (Å²) in [5.74, 6) is 0.490. The molecule has 6 nitrogen and oxygen atoms in total. The van der Waals surface area contributed by atoms with E-state index in [1.807, 2.05) is 68.5 Å². The van der Waals surface area contributed by atoms with Crippen LogP contribution in [0.25, 0.3) is 22.4 Å². The van der Waals surface area contributed by atoms with E-state index >= 15 is 0 Å². The van der Waals surface area contributed by atoms with Crippen molar-refractivity contribution < 1.29 is 22.3 Å². The van der Waals surface area contributed by atoms with Crippen LogP contribution >= 0.6 is 11.3 Å². The number of ether oxygens (including phenoxy) is 1. The Hall–Kier alpha value is -3.07. The molecule has 0 atom stereocenters. The SMILES string of the molecule is Cc1cc(/C=C/c2sc3ccccc3[n+]2CCCS(=O)(=O)[O-])cc(C)c1OCc1ccccn1. The van der Waals surface area contributed by atoms with E-state index in [-0.39, 0.29) is 12.2 Å². The maximum Gasteiger partial charge on any atom is 0.262 e. The zero-order valence-electron chi connectivity index (χ0n) is 19.1. The highest BCUT2D eigenvalue weighted by molar-refractivity contribution is 7.85. The van der Waals surface area contributed by atoms with Crippen molar-refractivity contribution in [1.82, 2.24) is 4.98 Å². The number of fused-ring (bicyclic) bond motifs is 1. The van der Waals surface area contributed by atoms with E-state index in [0.29, 0.717) is 13.2 Å². The standard InChI is InChI=1S/C26H26N2O4S2/c1-19-16-21(17-20(2)26(19)32-18-22-8-5-6-13-27-22)11-12-25-28(14-7-15-34(29,30)31)23-9-3-4-10-24(23)33-25/h3-6,8-13,16-17H,7,14-15,18H2,1-2H3/b12-11+. The van der Waals surface area contributed by atoms with E-state index in [1.54, 1.807) is 17.5 Å². The second kappa shape index (κ2) is 10.5. The first-order chi connectivity index (χ1) is 16.3. The molecule has 4 rings (SSSR count). The molecule has 2 aromatic carbocycles. The minimum absolute atomic E-state index is 0.276. The van der Waals surface area contributed by atoms with Crippen molar-refractivity contribution in [2.75, 3.05) is 5.75 Å². The summed E-state index contributed by atoms with van der Waals surface area (Å²) in [5.41, 5.74) is 5.04. The lowest BCUT2D eigenvalue weighted by atomic mass is 10.1. The van der Waals surface area contributed by atoms with Crippen LogP contribution in [0.5, 0.6) is 5.75 Å². The molecule has 0 spiro atoms. The van der Waals surface area contributed by atoms with Crippen molar-refractivity contribution in [1.29, 1.82) is 0 Å². The minimum Gasteiger partial charge on any atom is -0.748 e. The number of nitrogens with zero attached hydrogens (tertiary/aromatic N) is 2. The topological polar surface area (TPSA) is 83.2 Å². The van der Waals surface area contributed by atoms with Crippen molar-refractivity contribution >= 4 is 43.8 Å². The summed E-state index contributed by atoms with van der Waals surface area (Å²) in [4.78, 5) is 4.31. The molecule has 0 saturated heterocycles. The second-order valence-corrected chi connectivity index (χ2v) is 10.7. The normalized spacial score (nSPS) is 12.0. The van der Waals surface area contributed by atoms with Crippen LogP contribution in [0.4, 0.5) is 0 Å². The Morgan fingerprint density at radius 3 is 2.50 bits per heavy atom. The Morgan fingerprint density at radius 2 is 1.79 bits per heavy atom. The molecular formula is C26H26N2O4S2. The number of benzene rings is 2. The molecule has 34 heavy (non-hydrogen) atoms. The number of pyridine rings is 1. The molecule has 2 aromatic heterocycles. The molecule has 0 N–H and O–H groups in total. The first-order valence-corrected chi connectivity index (χ1v) is 13.4. The van der Waals surface area contributed by atoms with Gasteiger partial charge in [-0.1, -0.05) is 29.5 Å². The Balaban J connectivity index is 1.56. The highest BCUT2D eigenvalue weighted by Crippen LogP contribution is 2.27. The average molecular weight is 495 g/mol. The van der Waals surface area contributed by atoms with Crippen LogP contribution in [0.3, 0.4) is 0 Å². The van der Waals surface area contributed by atoms with E-state index < -0.39 is 10.1 Å². The van der Waals surface area contributed by atoms with Crippen molar-refractivity contribution in [2.24, 2.45) is 0 Å². The van der Waals surface area contributed by atoms with Crippen LogP contribution in [0.15, 0.2) is 60.8 Å². The number of hydrogen-bond acceptors (Lipinski definition) is 6. The molecule has 0 bridgehead atoms. The molecule has 0 aliphatic carbocycles. The summed E-state index contributed by atoms with van der Waals surface area (Å²) in [7, 11) is -4.23. The summed E-state index contributed by atoms with van der Waals surface area (Å²) in [6, 6.07) is 17.9. The van der Waals surface area contributed by atoms with Crippen LogP contribution in [-0.2, 0) is 23.3 Å². The largest absolute Gasteiger partial charge is 0.748 e. The molecule has 0 aliphatic heterocycles. The van der Waals surface area contributed by atoms with Crippen LogP contribution in [0.1, 0.15) is 33.8 Å². The Labute approximate surface area is 203 Å². The maximum absolute atomic E-state index is 11.0. The molecule has 0 amide bonds. The summed E-state index contributed by atoms with van der Waals surface area (Å²) in [6.45, 7) is 4.93. The van der Waals surface area contributed by atoms with E-state index in [0.717, 1.165) is 43.4 Å². The first kappa shape index (κ1) is 24.1. The molecule has 176 valence electrons. The Kier molecular flexibility index (Phi) is 7.41. The quantitative estimate of drug-likeness (QED) is 0.244. The third kappa shape index (κ3) is 6.08. The third-order valence-electron chi connectivity index (χ3n) is 5.40. The fourth-order valence-corrected chi connectivity index (χ4v) is 5.49. The molecular weight excluding hydrogens is 468 g/mol. The lowest BCUT2D eigenvalue weighted by molar-refractivity contribution is -0.668. The number of hydrogen-bond donors (Lipinski definition) is 0. The van der Waals surface area contributed by atoms with E-state index in [2.05, 4.69) is 21.7 Å². The van der Waals surface area contributed by atoms with Crippen molar-refractivity contribution in [3.63, 3.8) is 0 Å². The molecule has 4 aromatic rings. The fourth-order valence-electron chi connectivity index (χ4n) is 3.91. The highest BCUT2D eigenvalue weighted by atomic mass is 32.2. The zero-order valence-corrected chi connectivity index (χ0v) is 20.7. The summed E-state index contributed by atoms with van der Waals surface area (Å²) in [5, 5.41) is 0.996. The predicted molar refractivity (Wildman–Crippen MR) is 135 cm³/mol. The lowest BCUT2D eigenvalue weighted by Crippen LogP contribution is -2.35. The van der Waals surface area contributed by atoms with Gasteiger partial charge in [-0.15, -0.1) is 0 Å². The van der Waals surface area contributed by atoms with Gasteiger partial charge >= 0.3 is 0 Å². The molecule has 0 radical (unpaired) electrons. The molecule has 0 aliphatic rings. The molecule has 0 fully saturated rings. The van der Waals surface area contributed by atoms with Crippen LogP contribution < -0.4 is 9.30 Å². The van der Waals surface area contributed by atoms with Gasteiger partial charge in [0.2, 0.25) is 5.52 Å². The van der Waals surface area contributed by atoms with Gasteiger partial charge in [-0.2, -0.15) is 4.57 Å². The number of rotatable bonds is 9.